The van der Waals surface area contributed by atoms with Gasteiger partial charge < -0.3 is 82.0 Å². The number of nitrogens with two attached hydrogens (primary N) is 1. The number of fused-ring (bicyclic) bond motifs is 7. The monoisotopic (exact) mass is 2210 g/mol. The first-order chi connectivity index (χ1) is 62.5. The van der Waals surface area contributed by atoms with Crippen LogP contribution in [0.4, 0.5) is 49.1 Å². The number of benzene rings is 12. The molecule has 0 fully saturated rings. The van der Waals surface area contributed by atoms with Gasteiger partial charge in [-0.15, -0.1) is 12.1 Å². The Labute approximate surface area is 823 Å². The van der Waals surface area contributed by atoms with Crippen LogP contribution < -0.4 is 72.5 Å². The molecule has 0 unspecified atom stereocenters. The Bertz CT molecular complexity index is 6350. The number of anilines is 4. The van der Waals surface area contributed by atoms with Crippen LogP contribution in [0.3, 0.4) is 0 Å². The molecule has 0 saturated heterocycles. The zero-order chi connectivity index (χ0) is 93.1. The van der Waals surface area contributed by atoms with E-state index < -0.39 is 38.5 Å². The minimum absolute atomic E-state index is 0. The molecule has 35 heteroatoms. The molecule has 0 aromatic heterocycles. The molecule has 1 radical (unpaired) electrons. The molecular formula is C96H79Br4ClF6N4O17SYZn. The molecule has 7 aliphatic rings. The molecule has 0 aliphatic carbocycles. The van der Waals surface area contributed by atoms with Crippen molar-refractivity contribution in [2.75, 3.05) is 83.2 Å². The van der Waals surface area contributed by atoms with Crippen LogP contribution in [0.2, 0.25) is 0 Å². The number of allylic oxidation sites excluding steroid dienone is 2. The molecule has 0 amide bonds. The van der Waals surface area contributed by atoms with E-state index in [9.17, 15) is 44.3 Å². The van der Waals surface area contributed by atoms with Crippen LogP contribution in [0, 0.1) is 6.07 Å². The van der Waals surface area contributed by atoms with Crippen molar-refractivity contribution < 1.29 is 155 Å². The number of nitrogens with zero attached hydrogens (tertiary/aromatic N) is 3. The van der Waals surface area contributed by atoms with Gasteiger partial charge in [-0.25, -0.2) is 18.0 Å². The van der Waals surface area contributed by atoms with E-state index in [-0.39, 0.29) is 82.1 Å². The van der Waals surface area contributed by atoms with Crippen molar-refractivity contribution in [3.8, 4) is 63.2 Å². The number of alkyl halides is 6. The van der Waals surface area contributed by atoms with Gasteiger partial charge in [-0.1, -0.05) is 162 Å². The number of ether oxygens (including phenoxy) is 13. The van der Waals surface area contributed by atoms with Gasteiger partial charge in [0.2, 0.25) is 38.7 Å². The summed E-state index contributed by atoms with van der Waals surface area (Å²) in [4.78, 5) is 31.4. The fourth-order valence-electron chi connectivity index (χ4n) is 14.6. The summed E-state index contributed by atoms with van der Waals surface area (Å²) in [5, 5.41) is 0. The van der Waals surface area contributed by atoms with E-state index in [0.29, 0.717) is 88.5 Å². The Morgan fingerprint density at radius 3 is 1.38 bits per heavy atom. The Balaban J connectivity index is 0.000000154. The number of nitrogen functional groups attached to an aromatic ring is 1. The van der Waals surface area contributed by atoms with E-state index in [1.807, 2.05) is 175 Å². The van der Waals surface area contributed by atoms with Gasteiger partial charge in [0.05, 0.1) is 85.9 Å². The predicted octanol–water partition coefficient (Wildman–Crippen LogP) is 23.9. The molecule has 12 aromatic carbocycles. The predicted molar refractivity (Wildman–Crippen MR) is 493 cm³/mol. The molecular weight excluding hydrogens is 2140 g/mol. The maximum atomic E-state index is 13.7. The maximum absolute atomic E-state index is 13.7. The average Bonchev–Trinajstić information content (AvgIpc) is 1.72. The van der Waals surface area contributed by atoms with E-state index in [2.05, 4.69) is 79.6 Å². The second-order valence-corrected chi connectivity index (χ2v) is 33.3. The van der Waals surface area contributed by atoms with Crippen LogP contribution in [0.1, 0.15) is 69.5 Å². The molecule has 2 N–H and O–H groups in total. The van der Waals surface area contributed by atoms with Gasteiger partial charge in [-0.05, 0) is 193 Å². The van der Waals surface area contributed by atoms with Gasteiger partial charge in [0.15, 0.2) is 34.5 Å². The topological polar surface area (TPSA) is 224 Å². The van der Waals surface area contributed by atoms with E-state index >= 15 is 0 Å². The third-order valence-corrected chi connectivity index (χ3v) is 23.6. The van der Waals surface area contributed by atoms with E-state index in [0.717, 1.165) is 104 Å². The number of esters is 2. The molecule has 19 rings (SSSR count). The van der Waals surface area contributed by atoms with Crippen LogP contribution in [0.5, 0.6) is 63.2 Å². The van der Waals surface area contributed by atoms with Crippen molar-refractivity contribution in [3.63, 3.8) is 0 Å². The van der Waals surface area contributed by atoms with Crippen molar-refractivity contribution in [2.24, 2.45) is 0 Å². The summed E-state index contributed by atoms with van der Waals surface area (Å²) in [6, 6.07) is 77.6. The van der Waals surface area contributed by atoms with Gasteiger partial charge in [0.25, 0.3) is 9.05 Å². The number of hydrogen-bond acceptors (Lipinski definition) is 21. The molecule has 673 valence electrons. The fraction of sp³-hybridized carbons (Fsp3) is 0.167. The third-order valence-electron chi connectivity index (χ3n) is 20.5. The zero-order valence-corrected chi connectivity index (χ0v) is 84.6. The van der Waals surface area contributed by atoms with E-state index in [1.165, 1.54) is 78.6 Å². The first-order valence-electron chi connectivity index (χ1n) is 39.1. The van der Waals surface area contributed by atoms with E-state index in [4.69, 9.17) is 78.0 Å². The summed E-state index contributed by atoms with van der Waals surface area (Å²) in [6.45, 7) is 6.18. The number of hydrogen-bond donors (Lipinski definition) is 1. The Morgan fingerprint density at radius 1 is 0.435 bits per heavy atom. The number of methoxy groups -OCH3 is 5. The molecule has 7 heterocycles. The van der Waals surface area contributed by atoms with Crippen LogP contribution in [-0.2, 0) is 109 Å². The molecule has 0 atom stereocenters. The summed E-state index contributed by atoms with van der Waals surface area (Å²) in [7, 11) is 9.08. The zero-order valence-electron chi connectivity index (χ0n) is 70.9. The van der Waals surface area contributed by atoms with Crippen LogP contribution in [0.15, 0.2) is 290 Å². The number of rotatable bonds is 11. The minimum atomic E-state index is -4.44. The van der Waals surface area contributed by atoms with Crippen molar-refractivity contribution >= 4 is 133 Å². The molecule has 7 aliphatic heterocycles. The Morgan fingerprint density at radius 2 is 0.855 bits per heavy atom. The van der Waals surface area contributed by atoms with Gasteiger partial charge in [0.1, 0.15) is 11.4 Å². The summed E-state index contributed by atoms with van der Waals surface area (Å²) in [5.74, 6) is 6.37. The van der Waals surface area contributed by atoms with Crippen molar-refractivity contribution in [2.45, 2.75) is 50.7 Å². The number of carbonyl (C=O) groups excluding carboxylic acids is 2. The molecule has 21 nitrogen and oxygen atoms in total. The van der Waals surface area contributed by atoms with Crippen molar-refractivity contribution in [1.82, 2.24) is 0 Å². The standard InChI is InChI=1S/C25H20BrNO5.C24H18F3NO2.C18H16BrNO2.C8H7BrO3.C8H7O3.C7H6F3N.C6H5ClO2S.BrH.Y.Zn/c1-29-20-11-16(12-21-24(20)32-14-31-21)22-17-8-4-3-7-15(17)13-27(23(22)25(28)30-2)19-10-6-5-9-18(19)26;1-15-23(16-10-11-21-22(12-16)30-14-29-21)18-7-3-2-6-17(18)13-28(15)20-9-5-4-8-19(20)24(25,26)27;1-12-14-8-4-3-7-13(14)11-20(17(12)18(21)22-2)16-10-6-5-9-15(16)19;1-10-6-2-5(9)3-7-8(6)12-4-11-7;1-9-6-3-2-4-7-8(6)11-5-10-7;8-7(9,10)5-3-1-2-4-6(5)11;7-10(8,9)6-4-2-1-3-5-6;;;/h3-12H,13-14H2,1-2H3;2-12H,13-14H2,1H3;3-10H,11H2,1-2H3;2-3H,4H2,1H3;3-4H,5H2,1H3;1-4H,11H2;1-5H;1H;;/q;;;;-1;;;;;+2/p-1. The normalized spacial score (nSPS) is 13.5. The van der Waals surface area contributed by atoms with Crippen LogP contribution in [0.25, 0.3) is 16.7 Å². The fourth-order valence-corrected chi connectivity index (χ4v) is 16.8. The second-order valence-electron chi connectivity index (χ2n) is 28.1. The van der Waals surface area contributed by atoms with Crippen molar-refractivity contribution in [3.05, 3.63) is 347 Å². The molecule has 0 bridgehead atoms. The van der Waals surface area contributed by atoms with Crippen LogP contribution in [-0.4, -0.2) is 83.1 Å². The first kappa shape index (κ1) is 101. The van der Waals surface area contributed by atoms with Gasteiger partial charge in [-0.3, -0.25) is 0 Å². The van der Waals surface area contributed by atoms with Gasteiger partial charge >= 0.3 is 54.3 Å². The second kappa shape index (κ2) is 46.1. The SMILES string of the molecule is CC1=C(c2ccc3c(c2)OCO3)c2ccccc2CN1c1ccccc1C(F)(F)F.COC(=O)C1=C(C)c2ccccc2CN1c1ccccc1Br.COC(=O)C1=C(c2cc(OC)c3c(c2)OCO3)c2ccccc2CN1c1ccccc1Br.COc1c[c-]cc2c1OCO2.COc1cc(Br)cc2c1OCO2.Nc1ccccc1C(F)(F)F.O=S(=O)(Cl)c1ccccc1.[Y].[Zn+][Br]. The quantitative estimate of drug-likeness (QED) is 0.0317. The summed E-state index contributed by atoms with van der Waals surface area (Å²) >= 11 is 14.8. The summed E-state index contributed by atoms with van der Waals surface area (Å²) in [5.41, 5.74) is 17.7. The molecule has 131 heavy (non-hydrogen) atoms. The molecule has 12 aromatic rings. The molecule has 0 saturated carbocycles. The third kappa shape index (κ3) is 24.0. The number of carbonyl (C=O) groups is 2. The number of para-hydroxylation sites is 4. The number of halogens is 11. The van der Waals surface area contributed by atoms with Crippen LogP contribution >= 0.6 is 72.1 Å². The van der Waals surface area contributed by atoms with Gasteiger partial charge in [-0.2, -0.15) is 32.4 Å². The van der Waals surface area contributed by atoms with E-state index in [1.54, 1.807) is 62.6 Å². The Kier molecular flexibility index (Phi) is 35.5. The van der Waals surface area contributed by atoms with Gasteiger partial charge in [0, 0.05) is 99.0 Å². The Hall–Kier alpha value is -10.7. The first-order valence-corrected chi connectivity index (χ1v) is 50.8. The van der Waals surface area contributed by atoms with Crippen molar-refractivity contribution in [1.29, 1.82) is 0 Å². The summed E-state index contributed by atoms with van der Waals surface area (Å²) in [6.07, 6.45) is -8.78. The summed E-state index contributed by atoms with van der Waals surface area (Å²) < 4.78 is 170. The molecule has 0 spiro atoms. The average molecular weight is 2220 g/mol.